The molecule has 1 saturated heterocycles. The highest BCUT2D eigenvalue weighted by atomic mass is 14.9. The van der Waals surface area contributed by atoms with Crippen LogP contribution in [0, 0.1) is 6.92 Å². The molecule has 82 valence electrons. The molecular weight excluding hydrogens is 182 g/mol. The summed E-state index contributed by atoms with van der Waals surface area (Å²) in [4.78, 5) is 0. The normalized spacial score (nSPS) is 22.3. The first-order valence-electron chi connectivity index (χ1n) is 6.14. The van der Waals surface area contributed by atoms with Gasteiger partial charge in [-0.05, 0) is 43.9 Å². The van der Waals surface area contributed by atoms with E-state index < -0.39 is 0 Å². The van der Waals surface area contributed by atoms with Gasteiger partial charge in [-0.1, -0.05) is 37.1 Å². The highest BCUT2D eigenvalue weighted by molar-refractivity contribution is 5.26. The first-order chi connectivity index (χ1) is 7.36. The van der Waals surface area contributed by atoms with E-state index >= 15 is 0 Å². The van der Waals surface area contributed by atoms with E-state index in [0.29, 0.717) is 6.04 Å². The van der Waals surface area contributed by atoms with Gasteiger partial charge in [-0.25, -0.2) is 0 Å². The van der Waals surface area contributed by atoms with Crippen molar-refractivity contribution in [2.75, 3.05) is 6.54 Å². The van der Waals surface area contributed by atoms with E-state index in [1.807, 2.05) is 0 Å². The Labute approximate surface area is 92.9 Å². The van der Waals surface area contributed by atoms with Crippen molar-refractivity contribution in [3.8, 4) is 0 Å². The maximum Gasteiger partial charge on any atom is 0.0108 e. The van der Waals surface area contributed by atoms with Crippen LogP contribution in [-0.4, -0.2) is 12.6 Å². The Morgan fingerprint density at radius 2 is 2.07 bits per heavy atom. The first kappa shape index (κ1) is 10.7. The molecule has 0 aromatic heterocycles. The van der Waals surface area contributed by atoms with Crippen molar-refractivity contribution < 1.29 is 0 Å². The molecule has 1 atom stereocenters. The highest BCUT2D eigenvalue weighted by Crippen LogP contribution is 2.15. The molecule has 15 heavy (non-hydrogen) atoms. The number of hydrogen-bond acceptors (Lipinski definition) is 1. The van der Waals surface area contributed by atoms with Crippen LogP contribution in [0.5, 0.6) is 0 Å². The summed E-state index contributed by atoms with van der Waals surface area (Å²) in [5, 5.41) is 3.66. The number of aryl methyl sites for hydroxylation is 1. The van der Waals surface area contributed by atoms with Gasteiger partial charge in [-0.3, -0.25) is 0 Å². The summed E-state index contributed by atoms with van der Waals surface area (Å²) in [5.74, 6) is 0. The quantitative estimate of drug-likeness (QED) is 0.779. The number of rotatable bonds is 2. The van der Waals surface area contributed by atoms with Gasteiger partial charge in [0.25, 0.3) is 0 Å². The van der Waals surface area contributed by atoms with Crippen molar-refractivity contribution in [1.82, 2.24) is 5.32 Å². The molecule has 0 spiro atoms. The molecule has 0 bridgehead atoms. The molecular formula is C14H21N. The van der Waals surface area contributed by atoms with Crippen molar-refractivity contribution in [3.05, 3.63) is 35.4 Å². The Morgan fingerprint density at radius 1 is 1.20 bits per heavy atom. The van der Waals surface area contributed by atoms with Crippen LogP contribution in [0.3, 0.4) is 0 Å². The van der Waals surface area contributed by atoms with Gasteiger partial charge >= 0.3 is 0 Å². The predicted molar refractivity (Wildman–Crippen MR) is 65.1 cm³/mol. The third kappa shape index (κ3) is 3.07. The molecule has 0 saturated carbocycles. The molecule has 1 heterocycles. The zero-order valence-electron chi connectivity index (χ0n) is 9.63. The lowest BCUT2D eigenvalue weighted by molar-refractivity contribution is 0.507. The first-order valence-corrected chi connectivity index (χ1v) is 6.14. The molecule has 1 aromatic rings. The average Bonchev–Trinajstić information content (AvgIpc) is 2.50. The largest absolute Gasteiger partial charge is 0.314 e. The fourth-order valence-corrected chi connectivity index (χ4v) is 2.38. The summed E-state index contributed by atoms with van der Waals surface area (Å²) in [5.41, 5.74) is 2.94. The lowest BCUT2D eigenvalue weighted by Gasteiger charge is -2.16. The summed E-state index contributed by atoms with van der Waals surface area (Å²) in [7, 11) is 0. The van der Waals surface area contributed by atoms with Crippen molar-refractivity contribution in [1.29, 1.82) is 0 Å². The van der Waals surface area contributed by atoms with E-state index in [1.165, 1.54) is 49.8 Å². The maximum absolute atomic E-state index is 3.66. The monoisotopic (exact) mass is 203 g/mol. The Balaban J connectivity index is 1.98. The minimum Gasteiger partial charge on any atom is -0.314 e. The van der Waals surface area contributed by atoms with E-state index in [9.17, 15) is 0 Å². The molecule has 1 heteroatoms. The van der Waals surface area contributed by atoms with Crippen molar-refractivity contribution in [2.45, 2.75) is 45.1 Å². The summed E-state index contributed by atoms with van der Waals surface area (Å²) in [6.07, 6.45) is 6.69. The van der Waals surface area contributed by atoms with Gasteiger partial charge in [0.1, 0.15) is 0 Å². The summed E-state index contributed by atoms with van der Waals surface area (Å²) >= 11 is 0. The van der Waals surface area contributed by atoms with Crippen LogP contribution >= 0.6 is 0 Å². The minimum absolute atomic E-state index is 0.702. The van der Waals surface area contributed by atoms with E-state index in [4.69, 9.17) is 0 Å². The average molecular weight is 203 g/mol. The highest BCUT2D eigenvalue weighted by Gasteiger charge is 2.12. The number of benzene rings is 1. The number of nitrogens with one attached hydrogen (secondary N) is 1. The third-order valence-electron chi connectivity index (χ3n) is 3.39. The zero-order valence-corrected chi connectivity index (χ0v) is 9.63. The summed E-state index contributed by atoms with van der Waals surface area (Å²) in [6, 6.07) is 9.46. The Kier molecular flexibility index (Phi) is 3.79. The van der Waals surface area contributed by atoms with Crippen LogP contribution in [0.1, 0.15) is 36.8 Å². The maximum atomic E-state index is 3.66. The van der Waals surface area contributed by atoms with Crippen LogP contribution in [0.4, 0.5) is 0 Å². The second-order valence-electron chi connectivity index (χ2n) is 4.63. The Morgan fingerprint density at radius 3 is 2.93 bits per heavy atom. The molecule has 1 aliphatic rings. The SMILES string of the molecule is Cc1ccccc1C[C@H]1CCCCCN1. The standard InChI is InChI=1S/C14H21N/c1-12-7-4-5-8-13(12)11-14-9-3-2-6-10-15-14/h4-5,7-8,14-15H,2-3,6,9-11H2,1H3/t14-/m1/s1. The van der Waals surface area contributed by atoms with Gasteiger partial charge in [0, 0.05) is 6.04 Å². The van der Waals surface area contributed by atoms with Gasteiger partial charge in [0.05, 0.1) is 0 Å². The molecule has 0 aliphatic carbocycles. The third-order valence-corrected chi connectivity index (χ3v) is 3.39. The molecule has 2 rings (SSSR count). The molecule has 0 unspecified atom stereocenters. The van der Waals surface area contributed by atoms with Crippen LogP contribution in [0.2, 0.25) is 0 Å². The van der Waals surface area contributed by atoms with Crippen molar-refractivity contribution >= 4 is 0 Å². The predicted octanol–water partition coefficient (Wildman–Crippen LogP) is 3.07. The van der Waals surface area contributed by atoms with Crippen molar-refractivity contribution in [3.63, 3.8) is 0 Å². The smallest absolute Gasteiger partial charge is 0.0108 e. The second-order valence-corrected chi connectivity index (χ2v) is 4.63. The van der Waals surface area contributed by atoms with Crippen LogP contribution in [0.25, 0.3) is 0 Å². The molecule has 1 aromatic carbocycles. The lowest BCUT2D eigenvalue weighted by atomic mass is 9.98. The van der Waals surface area contributed by atoms with Crippen LogP contribution in [0.15, 0.2) is 24.3 Å². The topological polar surface area (TPSA) is 12.0 Å². The van der Waals surface area contributed by atoms with Gasteiger partial charge in [-0.15, -0.1) is 0 Å². The van der Waals surface area contributed by atoms with E-state index in [-0.39, 0.29) is 0 Å². The lowest BCUT2D eigenvalue weighted by Crippen LogP contribution is -2.30. The van der Waals surface area contributed by atoms with E-state index in [2.05, 4.69) is 36.5 Å². The molecule has 1 nitrogen and oxygen atoms in total. The van der Waals surface area contributed by atoms with Gasteiger partial charge in [0.15, 0.2) is 0 Å². The molecule has 1 fully saturated rings. The summed E-state index contributed by atoms with van der Waals surface area (Å²) in [6.45, 7) is 3.42. The Bertz CT molecular complexity index is 298. The van der Waals surface area contributed by atoms with Crippen LogP contribution < -0.4 is 5.32 Å². The Hall–Kier alpha value is -0.820. The molecule has 0 amide bonds. The van der Waals surface area contributed by atoms with Gasteiger partial charge in [0.2, 0.25) is 0 Å². The second kappa shape index (κ2) is 5.32. The summed E-state index contributed by atoms with van der Waals surface area (Å²) < 4.78 is 0. The minimum atomic E-state index is 0.702. The molecule has 1 N–H and O–H groups in total. The van der Waals surface area contributed by atoms with Crippen LogP contribution in [-0.2, 0) is 6.42 Å². The van der Waals surface area contributed by atoms with Gasteiger partial charge in [-0.2, -0.15) is 0 Å². The fourth-order valence-electron chi connectivity index (χ4n) is 2.38. The fraction of sp³-hybridized carbons (Fsp3) is 0.571. The van der Waals surface area contributed by atoms with E-state index in [1.54, 1.807) is 0 Å². The zero-order chi connectivity index (χ0) is 10.5. The number of hydrogen-bond donors (Lipinski definition) is 1. The molecule has 1 aliphatic heterocycles. The van der Waals surface area contributed by atoms with Gasteiger partial charge < -0.3 is 5.32 Å². The van der Waals surface area contributed by atoms with Crippen molar-refractivity contribution in [2.24, 2.45) is 0 Å². The molecule has 0 radical (unpaired) electrons. The van der Waals surface area contributed by atoms with E-state index in [0.717, 1.165) is 0 Å².